The molecule has 0 aromatic heterocycles. The summed E-state index contributed by atoms with van der Waals surface area (Å²) in [5.41, 5.74) is 5.43. The van der Waals surface area contributed by atoms with Crippen molar-refractivity contribution in [3.05, 3.63) is 495 Å². The maximum absolute atomic E-state index is 14.3. The molecule has 0 bridgehead atoms. The minimum absolute atomic E-state index is 0.430. The maximum atomic E-state index is 14.3. The molecule has 0 N–H and O–H groups in total. The second-order valence-electron chi connectivity index (χ2n) is 29.4. The number of hydrogen-bond acceptors (Lipinski definition) is 8. The van der Waals surface area contributed by atoms with Gasteiger partial charge in [-0.05, 0) is 131 Å². The van der Waals surface area contributed by atoms with Gasteiger partial charge in [-0.2, -0.15) is 0 Å². The lowest BCUT2D eigenvalue weighted by molar-refractivity contribution is 0.347. The lowest BCUT2D eigenvalue weighted by atomic mass is 10.1. The van der Waals surface area contributed by atoms with Gasteiger partial charge in [0.05, 0.1) is 13.2 Å². The van der Waals surface area contributed by atoms with E-state index in [1.54, 1.807) is 0 Å². The second-order valence-corrected chi connectivity index (χ2v) is 45.1. The summed E-state index contributed by atoms with van der Waals surface area (Å²) in [6.45, 7) is 14.7. The molecule has 1 unspecified atom stereocenters. The SMILES string of the molecule is CCOP(=O)(c1ccccc1)c1cc(C)ccc1C.CCOP(=O)(c1ccccc1)c1ccccc1.Cc1ccc(C)c(P(=O)(c2ccccc2)c2ccccc2)c1.Cc1cccc(P(=O)(c2ccccc2)c2ccccc2)c1.O=P(c1ccccc1)(c1ccccc1)c1ccc2ccccc2c1.O=P(c1ccccc1)(c1ccccc1)c1ccccc1. The molecular formula is C109H102O8P6. The standard InChI is InChI=1S/C22H17OP.C20H19OP.C19H17OP.C18H15OP.C16H19O2P.C14H15O2P/c23-24(20-11-3-1-4-12-20,21-13-5-2-6-14-21)22-16-15-18-9-7-8-10-19(18)17-22;1-16-13-14-17(2)20(15-16)22(21,18-9-5-3-6-10-18)19-11-7-4-8-12-19;1-16-9-8-14-19(15-16)21(20,17-10-4-2-5-11-17)18-12-6-3-7-13-18;19-20(16-10-4-1-5-11-16,17-12-6-2-7-13-17)18-14-8-3-9-15-18;1-4-18-19(17,15-8-6-5-7-9-15)16-12-13(2)10-11-14(16)3;1-2-16-17(15,13-9-5-3-6-10-13)14-11-7-4-8-12-14/h1-17H;3-15H,1-2H3;2-15H,1H3;1-15H;5-12H,4H2,1-3H3;3-12H,2H2,1H3. The van der Waals surface area contributed by atoms with E-state index in [2.05, 4.69) is 42.5 Å². The molecule has 0 spiro atoms. The Morgan fingerprint density at radius 1 is 0.179 bits per heavy atom. The van der Waals surface area contributed by atoms with Crippen LogP contribution in [0.15, 0.2) is 467 Å². The Balaban J connectivity index is 0.000000135. The first-order valence-corrected chi connectivity index (χ1v) is 51.1. The molecule has 14 heteroatoms. The van der Waals surface area contributed by atoms with Gasteiger partial charge < -0.3 is 27.3 Å². The van der Waals surface area contributed by atoms with Gasteiger partial charge in [0.1, 0.15) is 0 Å². The van der Waals surface area contributed by atoms with Crippen LogP contribution < -0.4 is 84.9 Å². The van der Waals surface area contributed by atoms with E-state index in [9.17, 15) is 27.4 Å². The van der Waals surface area contributed by atoms with Crippen LogP contribution in [0.25, 0.3) is 10.8 Å². The number of hydrogen-bond donors (Lipinski definition) is 0. The van der Waals surface area contributed by atoms with Crippen LogP contribution in [0.3, 0.4) is 0 Å². The molecule has 0 aliphatic carbocycles. The highest BCUT2D eigenvalue weighted by molar-refractivity contribution is 7.86. The molecular weight excluding hydrogens is 1620 g/mol. The summed E-state index contributed by atoms with van der Waals surface area (Å²) < 4.78 is 93.9. The minimum atomic E-state index is -2.99. The van der Waals surface area contributed by atoms with E-state index in [0.717, 1.165) is 123 Å². The van der Waals surface area contributed by atoms with Crippen LogP contribution in [0.2, 0.25) is 0 Å². The predicted molar refractivity (Wildman–Crippen MR) is 527 cm³/mol. The molecule has 0 aliphatic heterocycles. The normalized spacial score (nSPS) is 11.8. The Morgan fingerprint density at radius 3 is 0.715 bits per heavy atom. The Bertz CT molecular complexity index is 6230. The Hall–Kier alpha value is -11.7. The van der Waals surface area contributed by atoms with Gasteiger partial charge in [-0.15, -0.1) is 0 Å². The fourth-order valence-electron chi connectivity index (χ4n) is 14.6. The summed E-state index contributed by atoms with van der Waals surface area (Å²) in [6, 6.07) is 151. The summed E-state index contributed by atoms with van der Waals surface area (Å²) >= 11 is 0. The average molecular weight is 1730 g/mol. The molecule has 8 nitrogen and oxygen atoms in total. The minimum Gasteiger partial charge on any atom is -0.322 e. The zero-order valence-electron chi connectivity index (χ0n) is 70.3. The van der Waals surface area contributed by atoms with E-state index in [-0.39, 0.29) is 0 Å². The smallest absolute Gasteiger partial charge is 0.261 e. The quantitative estimate of drug-likeness (QED) is 0.0692. The topological polar surface area (TPSA) is 121 Å². The largest absolute Gasteiger partial charge is 0.322 e. The van der Waals surface area contributed by atoms with Gasteiger partial charge in [0.2, 0.25) is 0 Å². The fraction of sp³-hybridized carbons (Fsp3) is 0.0826. The van der Waals surface area contributed by atoms with E-state index in [1.165, 1.54) is 0 Å². The van der Waals surface area contributed by atoms with E-state index < -0.39 is 43.3 Å². The molecule has 1 atom stereocenters. The lowest BCUT2D eigenvalue weighted by Crippen LogP contribution is -2.26. The molecule has 17 aromatic rings. The van der Waals surface area contributed by atoms with Crippen LogP contribution in [-0.2, 0) is 36.4 Å². The van der Waals surface area contributed by atoms with Gasteiger partial charge in [0.25, 0.3) is 14.7 Å². The molecule has 0 saturated heterocycles. The Morgan fingerprint density at radius 2 is 0.407 bits per heavy atom. The van der Waals surface area contributed by atoms with Gasteiger partial charge in [0, 0.05) is 84.9 Å². The summed E-state index contributed by atoms with van der Waals surface area (Å²) in [5, 5.41) is 15.9. The van der Waals surface area contributed by atoms with Gasteiger partial charge in [-0.25, -0.2) is 0 Å². The van der Waals surface area contributed by atoms with E-state index in [0.29, 0.717) is 13.2 Å². The van der Waals surface area contributed by atoms with Crippen LogP contribution in [0.5, 0.6) is 0 Å². The van der Waals surface area contributed by atoms with Gasteiger partial charge in [0.15, 0.2) is 28.6 Å². The van der Waals surface area contributed by atoms with Crippen LogP contribution in [-0.4, -0.2) is 13.2 Å². The summed E-state index contributed by atoms with van der Waals surface area (Å²) in [5.74, 6) is 0. The molecule has 17 rings (SSSR count). The van der Waals surface area contributed by atoms with Crippen molar-refractivity contribution in [3.63, 3.8) is 0 Å². The molecule has 17 aromatic carbocycles. The monoisotopic (exact) mass is 1720 g/mol. The van der Waals surface area contributed by atoms with Crippen molar-refractivity contribution in [2.75, 3.05) is 13.2 Å². The highest BCUT2D eigenvalue weighted by atomic mass is 31.2. The van der Waals surface area contributed by atoms with Crippen molar-refractivity contribution in [2.45, 2.75) is 48.5 Å². The van der Waals surface area contributed by atoms with Crippen LogP contribution in [0.4, 0.5) is 0 Å². The van der Waals surface area contributed by atoms with E-state index in [4.69, 9.17) is 9.05 Å². The molecule has 616 valence electrons. The maximum Gasteiger partial charge on any atom is 0.261 e. The first-order valence-electron chi connectivity index (χ1n) is 41.1. The van der Waals surface area contributed by atoms with Crippen LogP contribution >= 0.6 is 43.3 Å². The fourth-order valence-corrected chi connectivity index (χ4v) is 30.2. The second kappa shape index (κ2) is 43.4. The molecule has 0 heterocycles. The highest BCUT2D eigenvalue weighted by Gasteiger charge is 2.35. The Kier molecular flexibility index (Phi) is 31.9. The van der Waals surface area contributed by atoms with Gasteiger partial charge >= 0.3 is 0 Å². The highest BCUT2D eigenvalue weighted by Crippen LogP contribution is 2.49. The van der Waals surface area contributed by atoms with Crippen molar-refractivity contribution in [1.82, 2.24) is 0 Å². The van der Waals surface area contributed by atoms with Crippen molar-refractivity contribution in [3.8, 4) is 0 Å². The zero-order chi connectivity index (χ0) is 86.6. The third kappa shape index (κ3) is 21.7. The van der Waals surface area contributed by atoms with Crippen LogP contribution in [0, 0.1) is 34.6 Å². The first kappa shape index (κ1) is 90.5. The van der Waals surface area contributed by atoms with E-state index in [1.807, 2.05) is 473 Å². The van der Waals surface area contributed by atoms with Crippen molar-refractivity contribution < 1.29 is 36.4 Å². The van der Waals surface area contributed by atoms with Gasteiger partial charge in [-0.1, -0.05) is 423 Å². The molecule has 0 fully saturated rings. The lowest BCUT2D eigenvalue weighted by Gasteiger charge is -2.22. The third-order valence-electron chi connectivity index (χ3n) is 20.8. The molecule has 0 radical (unpaired) electrons. The van der Waals surface area contributed by atoms with Crippen molar-refractivity contribution >= 4 is 139 Å². The summed E-state index contributed by atoms with van der Waals surface area (Å²) in [4.78, 5) is 0. The molecule has 0 amide bonds. The summed E-state index contributed by atoms with van der Waals surface area (Å²) in [6.07, 6.45) is 0. The molecule has 123 heavy (non-hydrogen) atoms. The predicted octanol–water partition coefficient (Wildman–Crippen LogP) is 21.9. The number of benzene rings is 17. The number of rotatable bonds is 20. The molecule has 0 saturated carbocycles. The first-order chi connectivity index (χ1) is 59.8. The number of fused-ring (bicyclic) bond motifs is 1. The van der Waals surface area contributed by atoms with Crippen molar-refractivity contribution in [1.29, 1.82) is 0 Å². The average Bonchev–Trinajstić information content (AvgIpc) is 0.775. The summed E-state index contributed by atoms with van der Waals surface area (Å²) in [7, 11) is -17.2. The van der Waals surface area contributed by atoms with E-state index >= 15 is 0 Å². The Labute approximate surface area is 726 Å². The van der Waals surface area contributed by atoms with Gasteiger partial charge in [-0.3, -0.25) is 9.13 Å². The number of aryl methyl sites for hydroxylation is 5. The third-order valence-corrected chi connectivity index (χ3v) is 38.5. The van der Waals surface area contributed by atoms with Crippen molar-refractivity contribution in [2.24, 2.45) is 0 Å². The molecule has 0 aliphatic rings. The zero-order valence-corrected chi connectivity index (χ0v) is 75.7. The van der Waals surface area contributed by atoms with Crippen LogP contribution in [0.1, 0.15) is 41.7 Å².